The fourth-order valence-corrected chi connectivity index (χ4v) is 3.32. The van der Waals surface area contributed by atoms with Crippen LogP contribution in [0.1, 0.15) is 5.69 Å². The Hall–Kier alpha value is -2.58. The highest BCUT2D eigenvalue weighted by molar-refractivity contribution is 7.89. The SMILES string of the molecule is Cn1nc(-c2ccncc2)cc1CNS(=O)(=O)c1ccccc1F. The van der Waals surface area contributed by atoms with Crippen molar-refractivity contribution in [2.24, 2.45) is 7.05 Å². The van der Waals surface area contributed by atoms with Gasteiger partial charge in [0.1, 0.15) is 10.7 Å². The zero-order chi connectivity index (χ0) is 17.2. The third kappa shape index (κ3) is 3.34. The molecular formula is C16H15FN4O2S. The summed E-state index contributed by atoms with van der Waals surface area (Å²) in [5.41, 5.74) is 2.24. The summed E-state index contributed by atoms with van der Waals surface area (Å²) in [6.07, 6.45) is 3.31. The number of nitrogens with one attached hydrogen (secondary N) is 1. The van der Waals surface area contributed by atoms with Gasteiger partial charge in [0.25, 0.3) is 0 Å². The van der Waals surface area contributed by atoms with Crippen molar-refractivity contribution in [1.29, 1.82) is 0 Å². The average molecular weight is 346 g/mol. The summed E-state index contributed by atoms with van der Waals surface area (Å²) in [5, 5.41) is 4.35. The second-order valence-corrected chi connectivity index (χ2v) is 6.87. The van der Waals surface area contributed by atoms with E-state index < -0.39 is 15.8 Å². The van der Waals surface area contributed by atoms with E-state index in [0.717, 1.165) is 11.6 Å². The van der Waals surface area contributed by atoms with Gasteiger partial charge in [-0.15, -0.1) is 0 Å². The third-order valence-corrected chi connectivity index (χ3v) is 4.96. The fraction of sp³-hybridized carbons (Fsp3) is 0.125. The molecule has 3 aromatic rings. The van der Waals surface area contributed by atoms with Crippen LogP contribution in [0.2, 0.25) is 0 Å². The van der Waals surface area contributed by atoms with Gasteiger partial charge in [0.15, 0.2) is 0 Å². The summed E-state index contributed by atoms with van der Waals surface area (Å²) in [5.74, 6) is -0.785. The quantitative estimate of drug-likeness (QED) is 0.767. The Morgan fingerprint density at radius 1 is 1.17 bits per heavy atom. The molecule has 0 saturated heterocycles. The Bertz CT molecular complexity index is 955. The van der Waals surface area contributed by atoms with Crippen molar-refractivity contribution in [2.75, 3.05) is 0 Å². The smallest absolute Gasteiger partial charge is 0.243 e. The number of hydrogen-bond acceptors (Lipinski definition) is 4. The number of aromatic nitrogens is 3. The highest BCUT2D eigenvalue weighted by Crippen LogP contribution is 2.18. The lowest BCUT2D eigenvalue weighted by atomic mass is 10.2. The summed E-state index contributed by atoms with van der Waals surface area (Å²) in [7, 11) is -2.22. The van der Waals surface area contributed by atoms with Gasteiger partial charge in [0.2, 0.25) is 10.0 Å². The van der Waals surface area contributed by atoms with Gasteiger partial charge >= 0.3 is 0 Å². The molecule has 0 unspecified atom stereocenters. The van der Waals surface area contributed by atoms with Crippen LogP contribution in [-0.2, 0) is 23.6 Å². The van der Waals surface area contributed by atoms with E-state index in [2.05, 4.69) is 14.8 Å². The summed E-state index contributed by atoms with van der Waals surface area (Å²) < 4.78 is 42.1. The van der Waals surface area contributed by atoms with Crippen LogP contribution >= 0.6 is 0 Å². The summed E-state index contributed by atoms with van der Waals surface area (Å²) in [4.78, 5) is 3.58. The van der Waals surface area contributed by atoms with E-state index in [1.54, 1.807) is 30.2 Å². The van der Waals surface area contributed by atoms with Crippen LogP contribution in [0, 0.1) is 5.82 Å². The van der Waals surface area contributed by atoms with Crippen molar-refractivity contribution in [3.05, 3.63) is 66.4 Å². The largest absolute Gasteiger partial charge is 0.271 e. The molecule has 24 heavy (non-hydrogen) atoms. The predicted molar refractivity (Wildman–Crippen MR) is 86.9 cm³/mol. The van der Waals surface area contributed by atoms with Crippen LogP contribution in [0.3, 0.4) is 0 Å². The van der Waals surface area contributed by atoms with Gasteiger partial charge in [0, 0.05) is 25.0 Å². The van der Waals surface area contributed by atoms with E-state index in [0.29, 0.717) is 11.4 Å². The van der Waals surface area contributed by atoms with Crippen LogP contribution in [0.4, 0.5) is 4.39 Å². The predicted octanol–water partition coefficient (Wildman–Crippen LogP) is 2.10. The molecule has 2 heterocycles. The number of hydrogen-bond donors (Lipinski definition) is 1. The molecule has 0 amide bonds. The number of nitrogens with zero attached hydrogens (tertiary/aromatic N) is 3. The molecule has 0 fully saturated rings. The summed E-state index contributed by atoms with van der Waals surface area (Å²) >= 11 is 0. The molecule has 8 heteroatoms. The van der Waals surface area contributed by atoms with E-state index in [4.69, 9.17) is 0 Å². The number of aryl methyl sites for hydroxylation is 1. The van der Waals surface area contributed by atoms with E-state index in [1.165, 1.54) is 18.2 Å². The van der Waals surface area contributed by atoms with Crippen LogP contribution in [-0.4, -0.2) is 23.2 Å². The van der Waals surface area contributed by atoms with Crippen molar-refractivity contribution in [2.45, 2.75) is 11.4 Å². The van der Waals surface area contributed by atoms with E-state index in [1.807, 2.05) is 12.1 Å². The van der Waals surface area contributed by atoms with Gasteiger partial charge in [-0.3, -0.25) is 9.67 Å². The highest BCUT2D eigenvalue weighted by Gasteiger charge is 2.19. The molecule has 0 aliphatic heterocycles. The van der Waals surface area contributed by atoms with Gasteiger partial charge in [0.05, 0.1) is 17.9 Å². The maximum atomic E-state index is 13.7. The van der Waals surface area contributed by atoms with Gasteiger partial charge in [-0.25, -0.2) is 17.5 Å². The Labute approximate surface area is 139 Å². The molecule has 0 spiro atoms. The Balaban J connectivity index is 1.80. The first-order valence-electron chi connectivity index (χ1n) is 7.15. The third-order valence-electron chi connectivity index (χ3n) is 3.52. The fourth-order valence-electron chi connectivity index (χ4n) is 2.24. The molecule has 124 valence electrons. The van der Waals surface area contributed by atoms with Crippen molar-refractivity contribution >= 4 is 10.0 Å². The van der Waals surface area contributed by atoms with E-state index in [9.17, 15) is 12.8 Å². The van der Waals surface area contributed by atoms with Crippen LogP contribution in [0.15, 0.2) is 59.8 Å². The molecule has 0 aliphatic carbocycles. The number of rotatable bonds is 5. The second kappa shape index (κ2) is 6.50. The summed E-state index contributed by atoms with van der Waals surface area (Å²) in [6.45, 7) is 0.00521. The van der Waals surface area contributed by atoms with Gasteiger partial charge < -0.3 is 0 Å². The maximum Gasteiger partial charge on any atom is 0.243 e. The van der Waals surface area contributed by atoms with Crippen molar-refractivity contribution < 1.29 is 12.8 Å². The van der Waals surface area contributed by atoms with E-state index in [-0.39, 0.29) is 11.4 Å². The van der Waals surface area contributed by atoms with Crippen molar-refractivity contribution in [3.8, 4) is 11.3 Å². The molecular weight excluding hydrogens is 331 g/mol. The Morgan fingerprint density at radius 3 is 2.58 bits per heavy atom. The van der Waals surface area contributed by atoms with E-state index >= 15 is 0 Å². The Kier molecular flexibility index (Phi) is 4.41. The molecule has 2 aromatic heterocycles. The topological polar surface area (TPSA) is 76.9 Å². The van der Waals surface area contributed by atoms with Crippen molar-refractivity contribution in [1.82, 2.24) is 19.5 Å². The minimum atomic E-state index is -3.94. The Morgan fingerprint density at radius 2 is 1.88 bits per heavy atom. The second-order valence-electron chi connectivity index (χ2n) is 5.14. The number of halogens is 1. The van der Waals surface area contributed by atoms with Crippen molar-refractivity contribution in [3.63, 3.8) is 0 Å². The summed E-state index contributed by atoms with van der Waals surface area (Å²) in [6, 6.07) is 10.7. The minimum absolute atomic E-state index is 0.00521. The standard InChI is InChI=1S/C16H15FN4O2S/c1-21-13(10-15(20-21)12-6-8-18-9-7-12)11-19-24(22,23)16-5-3-2-4-14(16)17/h2-10,19H,11H2,1H3. The van der Waals surface area contributed by atoms with Crippen LogP contribution in [0.25, 0.3) is 11.3 Å². The number of sulfonamides is 1. The number of pyridine rings is 1. The monoisotopic (exact) mass is 346 g/mol. The zero-order valence-electron chi connectivity index (χ0n) is 12.8. The van der Waals surface area contributed by atoms with Crippen LogP contribution < -0.4 is 4.72 Å². The first kappa shape index (κ1) is 16.3. The molecule has 1 N–H and O–H groups in total. The van der Waals surface area contributed by atoms with Gasteiger partial charge in [-0.1, -0.05) is 12.1 Å². The first-order chi connectivity index (χ1) is 11.5. The lowest BCUT2D eigenvalue weighted by Crippen LogP contribution is -2.25. The van der Waals surface area contributed by atoms with Gasteiger partial charge in [-0.05, 0) is 30.3 Å². The lowest BCUT2D eigenvalue weighted by Gasteiger charge is -2.07. The van der Waals surface area contributed by atoms with Crippen LogP contribution in [0.5, 0.6) is 0 Å². The molecule has 3 rings (SSSR count). The zero-order valence-corrected chi connectivity index (χ0v) is 13.7. The molecule has 6 nitrogen and oxygen atoms in total. The molecule has 0 saturated carbocycles. The minimum Gasteiger partial charge on any atom is -0.271 e. The molecule has 0 radical (unpaired) electrons. The molecule has 0 bridgehead atoms. The lowest BCUT2D eigenvalue weighted by molar-refractivity contribution is 0.554. The number of benzene rings is 1. The van der Waals surface area contributed by atoms with Gasteiger partial charge in [-0.2, -0.15) is 5.10 Å². The first-order valence-corrected chi connectivity index (χ1v) is 8.63. The average Bonchev–Trinajstić information content (AvgIpc) is 2.95. The molecule has 0 atom stereocenters. The molecule has 1 aromatic carbocycles. The normalized spacial score (nSPS) is 11.6. The highest BCUT2D eigenvalue weighted by atomic mass is 32.2. The molecule has 0 aliphatic rings. The maximum absolute atomic E-state index is 13.7.